The van der Waals surface area contributed by atoms with Gasteiger partial charge in [0.05, 0.1) is 6.04 Å². The summed E-state index contributed by atoms with van der Waals surface area (Å²) in [5.41, 5.74) is 6.34. The molecule has 2 aromatic rings. The lowest BCUT2D eigenvalue weighted by atomic mass is 10.0. The van der Waals surface area contributed by atoms with E-state index in [4.69, 9.17) is 0 Å². The van der Waals surface area contributed by atoms with E-state index in [1.165, 1.54) is 28.7 Å². The minimum Gasteiger partial charge on any atom is -0.335 e. The van der Waals surface area contributed by atoms with Crippen LogP contribution >= 0.6 is 0 Å². The molecule has 0 bridgehead atoms. The Morgan fingerprint density at radius 1 is 1.00 bits per heavy atom. The van der Waals surface area contributed by atoms with Gasteiger partial charge in [0.25, 0.3) is 5.91 Å². The summed E-state index contributed by atoms with van der Waals surface area (Å²) in [6, 6.07) is 15.0. The molecule has 0 radical (unpaired) electrons. The lowest BCUT2D eigenvalue weighted by molar-refractivity contribution is 0.0730. The smallest absolute Gasteiger partial charge is 0.254 e. The Labute approximate surface area is 131 Å². The quantitative estimate of drug-likeness (QED) is 0.821. The zero-order valence-electron chi connectivity index (χ0n) is 13.0. The summed E-state index contributed by atoms with van der Waals surface area (Å²) < 4.78 is 0. The molecule has 2 aliphatic rings. The third-order valence-corrected chi connectivity index (χ3v) is 5.23. The molecule has 0 unspecified atom stereocenters. The van der Waals surface area contributed by atoms with Gasteiger partial charge in [-0.05, 0) is 66.5 Å². The van der Waals surface area contributed by atoms with Crippen LogP contribution in [-0.4, -0.2) is 17.9 Å². The van der Waals surface area contributed by atoms with Crippen LogP contribution < -0.4 is 0 Å². The summed E-state index contributed by atoms with van der Waals surface area (Å²) >= 11 is 0. The molecule has 0 heterocycles. The molecular formula is C20H21NO. The van der Waals surface area contributed by atoms with E-state index in [2.05, 4.69) is 36.4 Å². The number of hydrogen-bond donors (Lipinski definition) is 0. The van der Waals surface area contributed by atoms with Crippen molar-refractivity contribution in [1.29, 1.82) is 0 Å². The first-order valence-corrected chi connectivity index (χ1v) is 8.21. The monoisotopic (exact) mass is 291 g/mol. The van der Waals surface area contributed by atoms with Crippen molar-refractivity contribution in [3.05, 3.63) is 70.3 Å². The van der Waals surface area contributed by atoms with Crippen molar-refractivity contribution in [2.24, 2.45) is 0 Å². The van der Waals surface area contributed by atoms with E-state index in [9.17, 15) is 4.79 Å². The molecule has 2 heteroatoms. The van der Waals surface area contributed by atoms with Crippen molar-refractivity contribution in [1.82, 2.24) is 4.90 Å². The molecule has 0 N–H and O–H groups in total. The highest BCUT2D eigenvalue weighted by Gasteiger charge is 2.29. The molecule has 112 valence electrons. The fourth-order valence-corrected chi connectivity index (χ4v) is 3.99. The number of aryl methyl sites for hydroxylation is 3. The van der Waals surface area contributed by atoms with Gasteiger partial charge in [0.2, 0.25) is 0 Å². The number of fused-ring (bicyclic) bond motifs is 2. The van der Waals surface area contributed by atoms with Gasteiger partial charge in [0, 0.05) is 12.6 Å². The highest BCUT2D eigenvalue weighted by atomic mass is 16.2. The van der Waals surface area contributed by atoms with Gasteiger partial charge in [-0.15, -0.1) is 0 Å². The van der Waals surface area contributed by atoms with Gasteiger partial charge in [0.15, 0.2) is 0 Å². The van der Waals surface area contributed by atoms with Crippen LogP contribution in [0.2, 0.25) is 0 Å². The molecule has 4 rings (SSSR count). The minimum atomic E-state index is 0.149. The number of hydrogen-bond acceptors (Lipinski definition) is 1. The Balaban J connectivity index is 1.61. The molecule has 0 saturated heterocycles. The normalized spacial score (nSPS) is 18.9. The fourth-order valence-electron chi connectivity index (χ4n) is 3.99. The average Bonchev–Trinajstić information content (AvgIpc) is 3.19. The maximum atomic E-state index is 12.9. The summed E-state index contributed by atoms with van der Waals surface area (Å²) in [6.07, 6.45) is 5.61. The molecule has 2 nitrogen and oxygen atoms in total. The van der Waals surface area contributed by atoms with Gasteiger partial charge in [-0.25, -0.2) is 0 Å². The highest BCUT2D eigenvalue weighted by molar-refractivity contribution is 5.94. The van der Waals surface area contributed by atoms with E-state index >= 15 is 0 Å². The van der Waals surface area contributed by atoms with Crippen LogP contribution in [0.4, 0.5) is 0 Å². The van der Waals surface area contributed by atoms with Gasteiger partial charge in [-0.3, -0.25) is 4.79 Å². The van der Waals surface area contributed by atoms with E-state index in [0.717, 1.165) is 31.2 Å². The van der Waals surface area contributed by atoms with Crippen molar-refractivity contribution < 1.29 is 4.79 Å². The van der Waals surface area contributed by atoms with E-state index in [1.807, 2.05) is 18.0 Å². The van der Waals surface area contributed by atoms with Crippen LogP contribution in [0.3, 0.4) is 0 Å². The minimum absolute atomic E-state index is 0.149. The van der Waals surface area contributed by atoms with Crippen molar-refractivity contribution in [2.75, 3.05) is 7.05 Å². The first-order valence-electron chi connectivity index (χ1n) is 8.21. The molecule has 2 aliphatic carbocycles. The van der Waals surface area contributed by atoms with Gasteiger partial charge in [-0.2, -0.15) is 0 Å². The second-order valence-corrected chi connectivity index (χ2v) is 6.51. The summed E-state index contributed by atoms with van der Waals surface area (Å²) in [6.45, 7) is 0. The Bertz CT molecular complexity index is 734. The summed E-state index contributed by atoms with van der Waals surface area (Å²) in [5, 5.41) is 0. The number of rotatable bonds is 2. The highest BCUT2D eigenvalue weighted by Crippen LogP contribution is 2.35. The fraction of sp³-hybridized carbons (Fsp3) is 0.350. The van der Waals surface area contributed by atoms with Crippen molar-refractivity contribution >= 4 is 5.91 Å². The molecule has 1 atom stereocenters. The number of carbonyl (C=O) groups excluding carboxylic acids is 1. The maximum absolute atomic E-state index is 12.9. The second-order valence-electron chi connectivity index (χ2n) is 6.51. The first-order chi connectivity index (χ1) is 10.7. The Morgan fingerprint density at radius 3 is 2.73 bits per heavy atom. The van der Waals surface area contributed by atoms with Gasteiger partial charge < -0.3 is 4.90 Å². The third kappa shape index (κ3) is 2.14. The lowest BCUT2D eigenvalue weighted by Crippen LogP contribution is -2.30. The molecule has 0 spiro atoms. The summed E-state index contributed by atoms with van der Waals surface area (Å²) in [4.78, 5) is 14.8. The number of carbonyl (C=O) groups is 1. The Kier molecular flexibility index (Phi) is 3.25. The predicted molar refractivity (Wildman–Crippen MR) is 88.1 cm³/mol. The molecule has 0 aliphatic heterocycles. The van der Waals surface area contributed by atoms with E-state index in [0.29, 0.717) is 0 Å². The topological polar surface area (TPSA) is 20.3 Å². The van der Waals surface area contributed by atoms with Gasteiger partial charge >= 0.3 is 0 Å². The van der Waals surface area contributed by atoms with Crippen LogP contribution in [-0.2, 0) is 19.3 Å². The summed E-state index contributed by atoms with van der Waals surface area (Å²) in [5.74, 6) is 0.149. The standard InChI is InChI=1S/C20H21NO/c1-21(19-12-11-15-5-2-3-8-18(15)19)20(22)17-10-9-14-6-4-7-16(14)13-17/h2-3,5,8-10,13,19H,4,6-7,11-12H2,1H3/t19-/m0/s1. The summed E-state index contributed by atoms with van der Waals surface area (Å²) in [7, 11) is 1.95. The number of amides is 1. The number of nitrogens with zero attached hydrogens (tertiary/aromatic N) is 1. The maximum Gasteiger partial charge on any atom is 0.254 e. The molecule has 2 aromatic carbocycles. The molecule has 0 saturated carbocycles. The van der Waals surface area contributed by atoms with Crippen LogP contribution in [0.25, 0.3) is 0 Å². The van der Waals surface area contributed by atoms with Crippen LogP contribution in [0.15, 0.2) is 42.5 Å². The van der Waals surface area contributed by atoms with Crippen LogP contribution in [0, 0.1) is 0 Å². The lowest BCUT2D eigenvalue weighted by Gasteiger charge is -2.26. The largest absolute Gasteiger partial charge is 0.335 e. The van der Waals surface area contributed by atoms with Crippen LogP contribution in [0.5, 0.6) is 0 Å². The van der Waals surface area contributed by atoms with E-state index in [1.54, 1.807) is 0 Å². The van der Waals surface area contributed by atoms with Crippen molar-refractivity contribution in [3.8, 4) is 0 Å². The van der Waals surface area contributed by atoms with Crippen molar-refractivity contribution in [2.45, 2.75) is 38.1 Å². The second kappa shape index (κ2) is 5.28. The zero-order valence-corrected chi connectivity index (χ0v) is 13.0. The molecular weight excluding hydrogens is 270 g/mol. The average molecular weight is 291 g/mol. The number of benzene rings is 2. The third-order valence-electron chi connectivity index (χ3n) is 5.23. The molecule has 1 amide bonds. The molecule has 0 fully saturated rings. The van der Waals surface area contributed by atoms with Crippen LogP contribution in [0.1, 0.15) is 51.5 Å². The van der Waals surface area contributed by atoms with Crippen molar-refractivity contribution in [3.63, 3.8) is 0 Å². The predicted octanol–water partition coefficient (Wildman–Crippen LogP) is 3.93. The van der Waals surface area contributed by atoms with E-state index < -0.39 is 0 Å². The van der Waals surface area contributed by atoms with Gasteiger partial charge in [-0.1, -0.05) is 30.3 Å². The first kappa shape index (κ1) is 13.6. The molecule has 0 aromatic heterocycles. The Morgan fingerprint density at radius 2 is 1.82 bits per heavy atom. The Hall–Kier alpha value is -2.09. The van der Waals surface area contributed by atoms with E-state index in [-0.39, 0.29) is 11.9 Å². The SMILES string of the molecule is CN(C(=O)c1ccc2c(c1)CCC2)[C@H]1CCc2ccccc21. The zero-order chi connectivity index (χ0) is 15.1. The van der Waals surface area contributed by atoms with Gasteiger partial charge in [0.1, 0.15) is 0 Å². The molecule has 22 heavy (non-hydrogen) atoms.